The quantitative estimate of drug-likeness (QED) is 0.880. The van der Waals surface area contributed by atoms with Crippen LogP contribution in [0.4, 0.5) is 5.95 Å². The number of hydrogen-bond donors (Lipinski definition) is 1. The Bertz CT molecular complexity index is 498. The number of carboxylic acids is 1. The predicted molar refractivity (Wildman–Crippen MR) is 63.2 cm³/mol. The van der Waals surface area contributed by atoms with Crippen LogP contribution in [0.3, 0.4) is 0 Å². The number of carboxylic acid groups (broad SMARTS) is 1. The average Bonchev–Trinajstić information content (AvgIpc) is 2.82. The van der Waals surface area contributed by atoms with Gasteiger partial charge in [-0.05, 0) is 0 Å². The summed E-state index contributed by atoms with van der Waals surface area (Å²) in [6, 6.07) is 0. The van der Waals surface area contributed by atoms with Gasteiger partial charge in [-0.2, -0.15) is 0 Å². The minimum Gasteiger partial charge on any atom is -0.478 e. The van der Waals surface area contributed by atoms with Crippen molar-refractivity contribution in [1.29, 1.82) is 0 Å². The second-order valence-electron chi connectivity index (χ2n) is 3.41. The summed E-state index contributed by atoms with van der Waals surface area (Å²) in [5.74, 6) is -0.554. The van der Waals surface area contributed by atoms with Gasteiger partial charge in [-0.25, -0.2) is 19.7 Å². The first kappa shape index (κ1) is 11.5. The maximum atomic E-state index is 10.6. The van der Waals surface area contributed by atoms with E-state index in [1.807, 2.05) is 12.4 Å². The van der Waals surface area contributed by atoms with Crippen molar-refractivity contribution in [2.45, 2.75) is 6.54 Å². The summed E-state index contributed by atoms with van der Waals surface area (Å²) in [7, 11) is 1.83. The Labute approximate surface area is 102 Å². The average molecular weight is 250 g/mol. The van der Waals surface area contributed by atoms with Gasteiger partial charge < -0.3 is 10.0 Å². The van der Waals surface area contributed by atoms with Crippen LogP contribution >= 0.6 is 11.3 Å². The number of anilines is 1. The van der Waals surface area contributed by atoms with Gasteiger partial charge in [-0.3, -0.25) is 0 Å². The fourth-order valence-corrected chi connectivity index (χ4v) is 1.81. The van der Waals surface area contributed by atoms with E-state index in [0.29, 0.717) is 12.5 Å². The van der Waals surface area contributed by atoms with Crippen molar-refractivity contribution in [3.05, 3.63) is 34.5 Å². The van der Waals surface area contributed by atoms with E-state index in [1.165, 1.54) is 23.7 Å². The van der Waals surface area contributed by atoms with Crippen molar-refractivity contribution in [3.63, 3.8) is 0 Å². The SMILES string of the molecule is CN(Cc1cscn1)c1ncc(C(=O)O)cn1. The molecule has 0 atom stereocenters. The minimum atomic E-state index is -1.03. The summed E-state index contributed by atoms with van der Waals surface area (Å²) in [5, 5.41) is 10.7. The van der Waals surface area contributed by atoms with Crippen LogP contribution in [0.25, 0.3) is 0 Å². The zero-order valence-corrected chi connectivity index (χ0v) is 9.89. The molecular weight excluding hydrogens is 240 g/mol. The van der Waals surface area contributed by atoms with Crippen LogP contribution in [0.1, 0.15) is 16.1 Å². The molecule has 6 nitrogen and oxygen atoms in total. The first-order valence-corrected chi connectivity index (χ1v) is 5.74. The summed E-state index contributed by atoms with van der Waals surface area (Å²) in [6.45, 7) is 0.593. The van der Waals surface area contributed by atoms with Gasteiger partial charge in [0.2, 0.25) is 5.95 Å². The number of nitrogens with zero attached hydrogens (tertiary/aromatic N) is 4. The zero-order chi connectivity index (χ0) is 12.3. The van der Waals surface area contributed by atoms with Gasteiger partial charge in [0.05, 0.1) is 23.3 Å². The molecule has 0 spiro atoms. The number of carbonyl (C=O) groups is 1. The van der Waals surface area contributed by atoms with Gasteiger partial charge in [0.15, 0.2) is 0 Å². The Balaban J connectivity index is 2.09. The largest absolute Gasteiger partial charge is 0.478 e. The normalized spacial score (nSPS) is 10.2. The van der Waals surface area contributed by atoms with E-state index in [0.717, 1.165) is 5.69 Å². The molecule has 0 aliphatic carbocycles. The van der Waals surface area contributed by atoms with Gasteiger partial charge in [-0.1, -0.05) is 0 Å². The third kappa shape index (κ3) is 2.76. The first-order valence-electron chi connectivity index (χ1n) is 4.80. The van der Waals surface area contributed by atoms with Crippen molar-refractivity contribution in [1.82, 2.24) is 15.0 Å². The Hall–Kier alpha value is -2.02. The molecule has 0 aromatic carbocycles. The Morgan fingerprint density at radius 3 is 2.65 bits per heavy atom. The van der Waals surface area contributed by atoms with Gasteiger partial charge in [-0.15, -0.1) is 11.3 Å². The van der Waals surface area contributed by atoms with Crippen LogP contribution < -0.4 is 4.90 Å². The number of rotatable bonds is 4. The van der Waals surface area contributed by atoms with Gasteiger partial charge in [0.1, 0.15) is 0 Å². The Kier molecular flexibility index (Phi) is 3.29. The first-order chi connectivity index (χ1) is 8.16. The van der Waals surface area contributed by atoms with E-state index in [4.69, 9.17) is 5.11 Å². The van der Waals surface area contributed by atoms with Crippen LogP contribution in [0, 0.1) is 0 Å². The molecule has 17 heavy (non-hydrogen) atoms. The highest BCUT2D eigenvalue weighted by atomic mass is 32.1. The molecule has 0 saturated carbocycles. The number of thiazole rings is 1. The van der Waals surface area contributed by atoms with E-state index in [9.17, 15) is 4.79 Å². The number of hydrogen-bond acceptors (Lipinski definition) is 6. The topological polar surface area (TPSA) is 79.2 Å². The van der Waals surface area contributed by atoms with E-state index in [2.05, 4.69) is 15.0 Å². The van der Waals surface area contributed by atoms with Crippen molar-refractivity contribution in [2.75, 3.05) is 11.9 Å². The maximum absolute atomic E-state index is 10.6. The maximum Gasteiger partial charge on any atom is 0.338 e. The molecular formula is C10H10N4O2S. The summed E-state index contributed by atoms with van der Waals surface area (Å²) in [5.41, 5.74) is 2.77. The molecule has 2 aromatic rings. The number of aromatic carboxylic acids is 1. The fourth-order valence-electron chi connectivity index (χ4n) is 1.26. The lowest BCUT2D eigenvalue weighted by molar-refractivity contribution is 0.0696. The monoisotopic (exact) mass is 250 g/mol. The third-order valence-electron chi connectivity index (χ3n) is 2.11. The standard InChI is InChI=1S/C10H10N4O2S/c1-14(4-8-5-17-6-13-8)10-11-2-7(3-12-10)9(15)16/h2-3,5-6H,4H2,1H3,(H,15,16). The van der Waals surface area contributed by atoms with E-state index >= 15 is 0 Å². The zero-order valence-electron chi connectivity index (χ0n) is 9.07. The summed E-state index contributed by atoms with van der Waals surface area (Å²) in [4.78, 5) is 24.6. The second-order valence-corrected chi connectivity index (χ2v) is 4.13. The van der Waals surface area contributed by atoms with Crippen molar-refractivity contribution in [3.8, 4) is 0 Å². The summed E-state index contributed by atoms with van der Waals surface area (Å²) >= 11 is 1.53. The van der Waals surface area contributed by atoms with E-state index in [-0.39, 0.29) is 5.56 Å². The Morgan fingerprint density at radius 2 is 2.12 bits per heavy atom. The summed E-state index contributed by atoms with van der Waals surface area (Å²) < 4.78 is 0. The highest BCUT2D eigenvalue weighted by molar-refractivity contribution is 7.07. The van der Waals surface area contributed by atoms with Crippen molar-refractivity contribution in [2.24, 2.45) is 0 Å². The highest BCUT2D eigenvalue weighted by Gasteiger charge is 2.08. The fraction of sp³-hybridized carbons (Fsp3) is 0.200. The summed E-state index contributed by atoms with van der Waals surface area (Å²) in [6.07, 6.45) is 2.59. The van der Waals surface area contributed by atoms with Crippen LogP contribution in [0.15, 0.2) is 23.3 Å². The van der Waals surface area contributed by atoms with Gasteiger partial charge in [0.25, 0.3) is 0 Å². The molecule has 2 rings (SSSR count). The van der Waals surface area contributed by atoms with Crippen LogP contribution in [0.2, 0.25) is 0 Å². The van der Waals surface area contributed by atoms with Gasteiger partial charge >= 0.3 is 5.97 Å². The van der Waals surface area contributed by atoms with Crippen molar-refractivity contribution >= 4 is 23.3 Å². The molecule has 1 N–H and O–H groups in total. The smallest absolute Gasteiger partial charge is 0.338 e. The second kappa shape index (κ2) is 4.88. The highest BCUT2D eigenvalue weighted by Crippen LogP contribution is 2.10. The molecule has 0 unspecified atom stereocenters. The van der Waals surface area contributed by atoms with Crippen LogP contribution in [0.5, 0.6) is 0 Å². The van der Waals surface area contributed by atoms with Crippen LogP contribution in [-0.4, -0.2) is 33.1 Å². The van der Waals surface area contributed by atoms with Gasteiger partial charge in [0, 0.05) is 24.8 Å². The molecule has 2 aromatic heterocycles. The van der Waals surface area contributed by atoms with E-state index in [1.54, 1.807) is 10.4 Å². The number of aromatic nitrogens is 3. The van der Waals surface area contributed by atoms with Crippen LogP contribution in [-0.2, 0) is 6.54 Å². The van der Waals surface area contributed by atoms with Crippen molar-refractivity contribution < 1.29 is 9.90 Å². The lowest BCUT2D eigenvalue weighted by Crippen LogP contribution is -2.19. The lowest BCUT2D eigenvalue weighted by atomic mass is 10.3. The Morgan fingerprint density at radius 1 is 1.41 bits per heavy atom. The molecule has 0 radical (unpaired) electrons. The molecule has 0 saturated heterocycles. The molecule has 0 aliphatic heterocycles. The van der Waals surface area contributed by atoms with E-state index < -0.39 is 5.97 Å². The molecule has 2 heterocycles. The molecule has 0 fully saturated rings. The molecule has 0 amide bonds. The molecule has 0 bridgehead atoms. The minimum absolute atomic E-state index is 0.0795. The molecule has 0 aliphatic rings. The molecule has 7 heteroatoms. The lowest BCUT2D eigenvalue weighted by Gasteiger charge is -2.15. The predicted octanol–water partition coefficient (Wildman–Crippen LogP) is 1.27. The third-order valence-corrected chi connectivity index (χ3v) is 2.74. The molecule has 88 valence electrons.